The Labute approximate surface area is 133 Å². The predicted octanol–water partition coefficient (Wildman–Crippen LogP) is 5.02. The molecule has 0 amide bonds. The minimum Gasteiger partial charge on any atom is -0.290 e. The molecule has 3 saturated carbocycles. The maximum atomic E-state index is 15.1. The average Bonchev–Trinajstić information content (AvgIpc) is 2.70. The van der Waals surface area contributed by atoms with Gasteiger partial charge in [-0.05, 0) is 75.4 Å². The number of alkyl halides is 1. The van der Waals surface area contributed by atoms with Crippen molar-refractivity contribution in [3.8, 4) is 0 Å². The highest BCUT2D eigenvalue weighted by molar-refractivity contribution is 6.01. The van der Waals surface area contributed by atoms with Crippen molar-refractivity contribution in [2.24, 2.45) is 28.6 Å². The highest BCUT2D eigenvalue weighted by Crippen LogP contribution is 2.67. The topological polar surface area (TPSA) is 17.1 Å². The van der Waals surface area contributed by atoms with Crippen LogP contribution in [0.4, 0.5) is 4.39 Å². The molecule has 0 aromatic carbocycles. The van der Waals surface area contributed by atoms with Crippen LogP contribution in [0.25, 0.3) is 0 Å². The first-order valence-corrected chi connectivity index (χ1v) is 8.91. The highest BCUT2D eigenvalue weighted by Gasteiger charge is 2.62. The Morgan fingerprint density at radius 2 is 1.82 bits per heavy atom. The predicted molar refractivity (Wildman–Crippen MR) is 86.1 cm³/mol. The summed E-state index contributed by atoms with van der Waals surface area (Å²) in [5.41, 5.74) is 0.219. The van der Waals surface area contributed by atoms with Crippen molar-refractivity contribution in [1.82, 2.24) is 0 Å². The summed E-state index contributed by atoms with van der Waals surface area (Å²) in [5.74, 6) is 1.87. The van der Waals surface area contributed by atoms with E-state index in [0.29, 0.717) is 17.8 Å². The molecule has 0 radical (unpaired) electrons. The van der Waals surface area contributed by atoms with E-state index in [1.807, 2.05) is 13.0 Å². The van der Waals surface area contributed by atoms with Crippen LogP contribution in [-0.2, 0) is 4.79 Å². The second kappa shape index (κ2) is 4.33. The van der Waals surface area contributed by atoms with Gasteiger partial charge in [-0.1, -0.05) is 25.5 Å². The zero-order valence-corrected chi connectivity index (χ0v) is 14.0. The molecule has 4 aliphatic rings. The third kappa shape index (κ3) is 1.67. The molecular formula is C20H27FO. The van der Waals surface area contributed by atoms with Crippen LogP contribution in [-0.4, -0.2) is 11.5 Å². The van der Waals surface area contributed by atoms with E-state index in [1.54, 1.807) is 6.08 Å². The van der Waals surface area contributed by atoms with E-state index in [-0.39, 0.29) is 16.6 Å². The lowest BCUT2D eigenvalue weighted by molar-refractivity contribution is -0.111. The SMILES string of the molecule is C[C@]12C=CC(=O)C=C1CC[C@@H]1[C@@H]2CC[C@@]2(C)[C@H]1CC[C@@]2(C)F. The molecule has 3 fully saturated rings. The van der Waals surface area contributed by atoms with Crippen LogP contribution >= 0.6 is 0 Å². The Balaban J connectivity index is 1.71. The molecule has 120 valence electrons. The fourth-order valence-corrected chi connectivity index (χ4v) is 6.41. The van der Waals surface area contributed by atoms with Crippen LogP contribution < -0.4 is 0 Å². The molecule has 0 bridgehead atoms. The van der Waals surface area contributed by atoms with Gasteiger partial charge < -0.3 is 0 Å². The number of allylic oxidation sites excluding steroid dienone is 4. The van der Waals surface area contributed by atoms with Crippen molar-refractivity contribution >= 4 is 5.78 Å². The number of halogens is 1. The summed E-state index contributed by atoms with van der Waals surface area (Å²) in [4.78, 5) is 11.7. The Hall–Kier alpha value is -0.920. The molecule has 0 aromatic heterocycles. The van der Waals surface area contributed by atoms with E-state index in [4.69, 9.17) is 0 Å². The summed E-state index contributed by atoms with van der Waals surface area (Å²) in [6.07, 6.45) is 11.8. The maximum Gasteiger partial charge on any atom is 0.178 e. The summed E-state index contributed by atoms with van der Waals surface area (Å²) in [6, 6.07) is 0. The molecule has 4 aliphatic carbocycles. The normalized spacial score (nSPS) is 53.5. The largest absolute Gasteiger partial charge is 0.290 e. The molecular weight excluding hydrogens is 275 g/mol. The fourth-order valence-electron chi connectivity index (χ4n) is 6.41. The molecule has 1 nitrogen and oxygen atoms in total. The van der Waals surface area contributed by atoms with Crippen molar-refractivity contribution < 1.29 is 9.18 Å². The van der Waals surface area contributed by atoms with Gasteiger partial charge in [0.2, 0.25) is 0 Å². The van der Waals surface area contributed by atoms with Gasteiger partial charge in [0.25, 0.3) is 0 Å². The van der Waals surface area contributed by atoms with Gasteiger partial charge in [-0.25, -0.2) is 4.39 Å². The van der Waals surface area contributed by atoms with Crippen LogP contribution in [0.15, 0.2) is 23.8 Å². The fraction of sp³-hybridized carbons (Fsp3) is 0.750. The van der Waals surface area contributed by atoms with E-state index in [1.165, 1.54) is 5.57 Å². The Morgan fingerprint density at radius 3 is 2.59 bits per heavy atom. The summed E-state index contributed by atoms with van der Waals surface area (Å²) in [6.45, 7) is 6.35. The number of ketones is 1. The van der Waals surface area contributed by atoms with E-state index < -0.39 is 5.67 Å². The standard InChI is InChI=1S/C20H27FO/c1-18-9-6-14(22)12-13(18)4-5-15-16(18)7-10-19(2)17(15)8-11-20(19,3)21/h6,9,12,15-17H,4-5,7-8,10-11H2,1-3H3/t15-,16+,17+,18+,19+,20-/m1/s1. The first kappa shape index (κ1) is 14.7. The van der Waals surface area contributed by atoms with Gasteiger partial charge in [0.05, 0.1) is 0 Å². The zero-order chi connectivity index (χ0) is 15.8. The quantitative estimate of drug-likeness (QED) is 0.614. The molecule has 0 spiro atoms. The smallest absolute Gasteiger partial charge is 0.178 e. The lowest BCUT2D eigenvalue weighted by atomic mass is 9.47. The molecule has 0 unspecified atom stereocenters. The molecule has 0 N–H and O–H groups in total. The summed E-state index contributed by atoms with van der Waals surface area (Å²) >= 11 is 0. The van der Waals surface area contributed by atoms with Crippen LogP contribution in [0, 0.1) is 28.6 Å². The van der Waals surface area contributed by atoms with Crippen molar-refractivity contribution in [3.05, 3.63) is 23.8 Å². The van der Waals surface area contributed by atoms with Crippen molar-refractivity contribution in [2.75, 3.05) is 0 Å². The van der Waals surface area contributed by atoms with Gasteiger partial charge in [0.1, 0.15) is 5.67 Å². The molecule has 22 heavy (non-hydrogen) atoms. The molecule has 0 saturated heterocycles. The van der Waals surface area contributed by atoms with Gasteiger partial charge in [-0.15, -0.1) is 0 Å². The first-order valence-electron chi connectivity index (χ1n) is 8.91. The van der Waals surface area contributed by atoms with Gasteiger partial charge in [-0.3, -0.25) is 4.79 Å². The van der Waals surface area contributed by atoms with Crippen molar-refractivity contribution in [1.29, 1.82) is 0 Å². The van der Waals surface area contributed by atoms with Gasteiger partial charge in [0.15, 0.2) is 5.78 Å². The van der Waals surface area contributed by atoms with E-state index in [9.17, 15) is 4.79 Å². The molecule has 2 heteroatoms. The highest BCUT2D eigenvalue weighted by atomic mass is 19.1. The van der Waals surface area contributed by atoms with Crippen LogP contribution in [0.3, 0.4) is 0 Å². The summed E-state index contributed by atoms with van der Waals surface area (Å²) in [5, 5.41) is 0. The second-order valence-electron chi connectivity index (χ2n) is 8.80. The Morgan fingerprint density at radius 1 is 1.09 bits per heavy atom. The second-order valence-corrected chi connectivity index (χ2v) is 8.80. The molecule has 0 aliphatic heterocycles. The maximum absolute atomic E-state index is 15.1. The minimum atomic E-state index is -1.00. The Kier molecular flexibility index (Phi) is 2.89. The zero-order valence-electron chi connectivity index (χ0n) is 14.0. The third-order valence-corrected chi connectivity index (χ3v) is 8.06. The molecule has 4 rings (SSSR count). The third-order valence-electron chi connectivity index (χ3n) is 8.06. The number of hydrogen-bond donors (Lipinski definition) is 0. The molecule has 0 heterocycles. The lowest BCUT2D eigenvalue weighted by Gasteiger charge is -2.57. The minimum absolute atomic E-state index is 0.0352. The van der Waals surface area contributed by atoms with Crippen LogP contribution in [0.5, 0.6) is 0 Å². The van der Waals surface area contributed by atoms with E-state index >= 15 is 4.39 Å². The molecule has 0 aromatic rings. The van der Waals surface area contributed by atoms with Gasteiger partial charge >= 0.3 is 0 Å². The average molecular weight is 302 g/mol. The monoisotopic (exact) mass is 302 g/mol. The lowest BCUT2D eigenvalue weighted by Crippen LogP contribution is -2.52. The van der Waals surface area contributed by atoms with E-state index in [2.05, 4.69) is 19.9 Å². The molecule has 6 atom stereocenters. The number of rotatable bonds is 0. The van der Waals surface area contributed by atoms with Crippen LogP contribution in [0.2, 0.25) is 0 Å². The Bertz CT molecular complexity index is 587. The number of carbonyl (C=O) groups is 1. The number of carbonyl (C=O) groups excluding carboxylic acids is 1. The van der Waals surface area contributed by atoms with Crippen molar-refractivity contribution in [2.45, 2.75) is 65.0 Å². The number of fused-ring (bicyclic) bond motifs is 5. The number of hydrogen-bond acceptors (Lipinski definition) is 1. The van der Waals surface area contributed by atoms with E-state index in [0.717, 1.165) is 38.5 Å². The first-order chi connectivity index (χ1) is 10.3. The summed E-state index contributed by atoms with van der Waals surface area (Å²) < 4.78 is 15.1. The van der Waals surface area contributed by atoms with Crippen LogP contribution in [0.1, 0.15) is 59.3 Å². The van der Waals surface area contributed by atoms with Gasteiger partial charge in [-0.2, -0.15) is 0 Å². The van der Waals surface area contributed by atoms with Crippen molar-refractivity contribution in [3.63, 3.8) is 0 Å². The van der Waals surface area contributed by atoms with Gasteiger partial charge in [0, 0.05) is 10.8 Å². The summed E-state index contributed by atoms with van der Waals surface area (Å²) in [7, 11) is 0.